The Labute approximate surface area is 138 Å². The van der Waals surface area contributed by atoms with E-state index in [1.165, 1.54) is 5.56 Å². The molecule has 2 heterocycles. The normalized spacial score (nSPS) is 15.9. The van der Waals surface area contributed by atoms with Gasteiger partial charge in [0.25, 0.3) is 0 Å². The maximum Gasteiger partial charge on any atom is 0.229 e. The van der Waals surface area contributed by atoms with E-state index < -0.39 is 0 Å². The van der Waals surface area contributed by atoms with Crippen molar-refractivity contribution in [1.29, 1.82) is 0 Å². The summed E-state index contributed by atoms with van der Waals surface area (Å²) in [4.78, 5) is 13.8. The van der Waals surface area contributed by atoms with Crippen molar-refractivity contribution in [2.45, 2.75) is 19.8 Å². The molecule has 1 aliphatic heterocycles. The van der Waals surface area contributed by atoms with Crippen LogP contribution in [0.5, 0.6) is 0 Å². The average Bonchev–Trinajstić information content (AvgIpc) is 2.56. The molecular formula is C18H25N5. The first-order valence-electron chi connectivity index (χ1n) is 8.26. The first kappa shape index (κ1) is 15.7. The number of piperazine rings is 1. The van der Waals surface area contributed by atoms with Crippen molar-refractivity contribution in [3.05, 3.63) is 42.1 Å². The lowest BCUT2D eigenvalue weighted by atomic mass is 10.0. The van der Waals surface area contributed by atoms with Gasteiger partial charge in [-0.3, -0.25) is 0 Å². The van der Waals surface area contributed by atoms with E-state index in [-0.39, 0.29) is 0 Å². The van der Waals surface area contributed by atoms with Gasteiger partial charge in [-0.25, -0.2) is 4.98 Å². The number of para-hydroxylation sites is 1. The lowest BCUT2D eigenvalue weighted by Crippen LogP contribution is -2.44. The molecule has 1 aliphatic rings. The van der Waals surface area contributed by atoms with Crippen LogP contribution in [0.25, 0.3) is 0 Å². The number of benzene rings is 1. The lowest BCUT2D eigenvalue weighted by Gasteiger charge is -2.33. The summed E-state index contributed by atoms with van der Waals surface area (Å²) >= 11 is 0. The fourth-order valence-electron chi connectivity index (χ4n) is 2.86. The monoisotopic (exact) mass is 311 g/mol. The van der Waals surface area contributed by atoms with E-state index in [4.69, 9.17) is 4.98 Å². The molecule has 2 aromatic rings. The van der Waals surface area contributed by atoms with Crippen molar-refractivity contribution in [3.63, 3.8) is 0 Å². The SMILES string of the molecule is CC(C)c1ccccc1Nc1nccc(N2CCN(C)CC2)n1. The molecule has 23 heavy (non-hydrogen) atoms. The highest BCUT2D eigenvalue weighted by Gasteiger charge is 2.16. The van der Waals surface area contributed by atoms with Crippen LogP contribution >= 0.6 is 0 Å². The Morgan fingerprint density at radius 2 is 1.78 bits per heavy atom. The summed E-state index contributed by atoms with van der Waals surface area (Å²) in [6.45, 7) is 8.56. The van der Waals surface area contributed by atoms with Crippen LogP contribution in [0.15, 0.2) is 36.5 Å². The summed E-state index contributed by atoms with van der Waals surface area (Å²) in [5.41, 5.74) is 2.36. The third kappa shape index (κ3) is 3.79. The molecule has 1 aromatic heterocycles. The van der Waals surface area contributed by atoms with Crippen LogP contribution in [0.2, 0.25) is 0 Å². The molecule has 0 atom stereocenters. The van der Waals surface area contributed by atoms with E-state index in [0.29, 0.717) is 11.9 Å². The summed E-state index contributed by atoms with van der Waals surface area (Å²) in [6, 6.07) is 10.3. The number of hydrogen-bond donors (Lipinski definition) is 1. The van der Waals surface area contributed by atoms with Gasteiger partial charge in [0, 0.05) is 38.1 Å². The van der Waals surface area contributed by atoms with Crippen LogP contribution in [0, 0.1) is 0 Å². The summed E-state index contributed by atoms with van der Waals surface area (Å²) in [5.74, 6) is 2.12. The second-order valence-electron chi connectivity index (χ2n) is 6.40. The van der Waals surface area contributed by atoms with E-state index >= 15 is 0 Å². The van der Waals surface area contributed by atoms with Crippen LogP contribution in [0.4, 0.5) is 17.5 Å². The smallest absolute Gasteiger partial charge is 0.229 e. The summed E-state index contributed by atoms with van der Waals surface area (Å²) in [6.07, 6.45) is 1.83. The molecule has 5 heteroatoms. The number of likely N-dealkylation sites (N-methyl/N-ethyl adjacent to an activating group) is 1. The largest absolute Gasteiger partial charge is 0.354 e. The second-order valence-corrected chi connectivity index (χ2v) is 6.40. The molecule has 0 unspecified atom stereocenters. The molecular weight excluding hydrogens is 286 g/mol. The van der Waals surface area contributed by atoms with Crippen molar-refractivity contribution in [1.82, 2.24) is 14.9 Å². The maximum atomic E-state index is 4.70. The molecule has 5 nitrogen and oxygen atoms in total. The average molecular weight is 311 g/mol. The van der Waals surface area contributed by atoms with E-state index in [9.17, 15) is 0 Å². The highest BCUT2D eigenvalue weighted by molar-refractivity contribution is 5.60. The van der Waals surface area contributed by atoms with Crippen LogP contribution in [0.3, 0.4) is 0 Å². The fourth-order valence-corrected chi connectivity index (χ4v) is 2.86. The number of hydrogen-bond acceptors (Lipinski definition) is 5. The first-order valence-corrected chi connectivity index (χ1v) is 8.26. The maximum absolute atomic E-state index is 4.70. The van der Waals surface area contributed by atoms with Gasteiger partial charge in [-0.2, -0.15) is 4.98 Å². The van der Waals surface area contributed by atoms with Crippen LogP contribution in [-0.2, 0) is 0 Å². The highest BCUT2D eigenvalue weighted by Crippen LogP contribution is 2.26. The third-order valence-electron chi connectivity index (χ3n) is 4.30. The minimum atomic E-state index is 0.458. The number of rotatable bonds is 4. The number of anilines is 3. The predicted molar refractivity (Wildman–Crippen MR) is 95.6 cm³/mol. The van der Waals surface area contributed by atoms with E-state index in [0.717, 1.165) is 37.7 Å². The van der Waals surface area contributed by atoms with Gasteiger partial charge in [-0.05, 0) is 30.7 Å². The van der Waals surface area contributed by atoms with Gasteiger partial charge in [0.05, 0.1) is 0 Å². The highest BCUT2D eigenvalue weighted by atomic mass is 15.3. The minimum absolute atomic E-state index is 0.458. The number of nitrogens with zero attached hydrogens (tertiary/aromatic N) is 4. The molecule has 0 radical (unpaired) electrons. The zero-order valence-electron chi connectivity index (χ0n) is 14.2. The van der Waals surface area contributed by atoms with Crippen molar-refractivity contribution in [2.75, 3.05) is 43.4 Å². The second kappa shape index (κ2) is 6.96. The zero-order chi connectivity index (χ0) is 16.2. The molecule has 1 N–H and O–H groups in total. The van der Waals surface area contributed by atoms with Crippen molar-refractivity contribution in [3.8, 4) is 0 Å². The predicted octanol–water partition coefficient (Wildman–Crippen LogP) is 3.10. The van der Waals surface area contributed by atoms with Crippen molar-refractivity contribution >= 4 is 17.5 Å². The molecule has 1 aromatic carbocycles. The number of nitrogens with one attached hydrogen (secondary N) is 1. The van der Waals surface area contributed by atoms with Gasteiger partial charge >= 0.3 is 0 Å². The Morgan fingerprint density at radius 3 is 2.52 bits per heavy atom. The van der Waals surface area contributed by atoms with Gasteiger partial charge in [0.1, 0.15) is 5.82 Å². The van der Waals surface area contributed by atoms with Gasteiger partial charge < -0.3 is 15.1 Å². The Balaban J connectivity index is 1.78. The summed E-state index contributed by atoms with van der Waals surface area (Å²) in [7, 11) is 2.16. The number of aromatic nitrogens is 2. The van der Waals surface area contributed by atoms with Crippen LogP contribution in [0.1, 0.15) is 25.3 Å². The van der Waals surface area contributed by atoms with Crippen molar-refractivity contribution < 1.29 is 0 Å². The molecule has 0 bridgehead atoms. The molecule has 1 saturated heterocycles. The third-order valence-corrected chi connectivity index (χ3v) is 4.30. The molecule has 1 fully saturated rings. The summed E-state index contributed by atoms with van der Waals surface area (Å²) in [5, 5.41) is 3.38. The van der Waals surface area contributed by atoms with Gasteiger partial charge in [0.15, 0.2) is 0 Å². The Kier molecular flexibility index (Phi) is 4.76. The van der Waals surface area contributed by atoms with Crippen molar-refractivity contribution in [2.24, 2.45) is 0 Å². The Bertz CT molecular complexity index is 647. The molecule has 0 spiro atoms. The molecule has 122 valence electrons. The lowest BCUT2D eigenvalue weighted by molar-refractivity contribution is 0.312. The van der Waals surface area contributed by atoms with E-state index in [2.05, 4.69) is 59.2 Å². The van der Waals surface area contributed by atoms with Crippen LogP contribution < -0.4 is 10.2 Å². The quantitative estimate of drug-likeness (QED) is 0.940. The first-order chi connectivity index (χ1) is 11.1. The molecule has 0 aliphatic carbocycles. The van der Waals surface area contributed by atoms with E-state index in [1.54, 1.807) is 0 Å². The van der Waals surface area contributed by atoms with Gasteiger partial charge in [0.2, 0.25) is 5.95 Å². The zero-order valence-corrected chi connectivity index (χ0v) is 14.2. The molecule has 3 rings (SSSR count). The standard InChI is InChI=1S/C18H25N5/c1-14(2)15-6-4-5-7-16(15)20-18-19-9-8-17(21-18)23-12-10-22(3)11-13-23/h4-9,14H,10-13H2,1-3H3,(H,19,20,21). The van der Waals surface area contributed by atoms with Crippen LogP contribution in [-0.4, -0.2) is 48.1 Å². The van der Waals surface area contributed by atoms with E-state index in [1.807, 2.05) is 18.3 Å². The Morgan fingerprint density at radius 1 is 1.04 bits per heavy atom. The Hall–Kier alpha value is -2.14. The topological polar surface area (TPSA) is 44.3 Å². The minimum Gasteiger partial charge on any atom is -0.354 e. The molecule has 0 saturated carbocycles. The van der Waals surface area contributed by atoms with Gasteiger partial charge in [-0.1, -0.05) is 32.0 Å². The fraction of sp³-hybridized carbons (Fsp3) is 0.444. The van der Waals surface area contributed by atoms with Gasteiger partial charge in [-0.15, -0.1) is 0 Å². The molecule has 0 amide bonds. The summed E-state index contributed by atoms with van der Waals surface area (Å²) < 4.78 is 0.